The smallest absolute Gasteiger partial charge is 0.0555 e. The molecule has 1 unspecified atom stereocenters. The molecule has 3 heteroatoms. The maximum Gasteiger partial charge on any atom is 0.0555 e. The van der Waals surface area contributed by atoms with E-state index >= 15 is 0 Å². The van der Waals surface area contributed by atoms with Crippen molar-refractivity contribution in [3.63, 3.8) is 0 Å². The number of nitrogens with zero attached hydrogens (tertiary/aromatic N) is 1. The molecule has 106 valence electrons. The van der Waals surface area contributed by atoms with Crippen LogP contribution in [-0.4, -0.2) is 6.54 Å². The summed E-state index contributed by atoms with van der Waals surface area (Å²) < 4.78 is 1.08. The highest BCUT2D eigenvalue weighted by Crippen LogP contribution is 2.33. The van der Waals surface area contributed by atoms with E-state index in [-0.39, 0.29) is 6.04 Å². The molecule has 20 heavy (non-hydrogen) atoms. The van der Waals surface area contributed by atoms with Crippen LogP contribution >= 0.6 is 15.9 Å². The van der Waals surface area contributed by atoms with Gasteiger partial charge in [-0.1, -0.05) is 18.2 Å². The first-order valence-electron chi connectivity index (χ1n) is 6.92. The molecule has 0 aromatic heterocycles. The zero-order valence-electron chi connectivity index (χ0n) is 12.2. The summed E-state index contributed by atoms with van der Waals surface area (Å²) in [5, 5.41) is 0. The Hall–Kier alpha value is -1.32. The number of anilines is 2. The molecule has 2 aromatic rings. The summed E-state index contributed by atoms with van der Waals surface area (Å²) in [5.41, 5.74) is 10.7. The molecule has 2 N–H and O–H groups in total. The SMILES string of the molecule is CCN(c1cccc(C)c1)c1ccc(C(C)N)cc1Br. The maximum atomic E-state index is 5.94. The minimum atomic E-state index is 0.0504. The molecule has 0 heterocycles. The number of benzene rings is 2. The molecular formula is C17H21BrN2. The van der Waals surface area contributed by atoms with Crippen LogP contribution in [0.5, 0.6) is 0 Å². The van der Waals surface area contributed by atoms with Crippen molar-refractivity contribution < 1.29 is 0 Å². The van der Waals surface area contributed by atoms with Crippen LogP contribution in [0, 0.1) is 6.92 Å². The van der Waals surface area contributed by atoms with Crippen molar-refractivity contribution in [2.24, 2.45) is 5.73 Å². The Balaban J connectivity index is 2.42. The van der Waals surface area contributed by atoms with E-state index in [1.165, 1.54) is 16.9 Å². The van der Waals surface area contributed by atoms with E-state index < -0.39 is 0 Å². The van der Waals surface area contributed by atoms with Crippen LogP contribution in [0.2, 0.25) is 0 Å². The molecule has 0 bridgehead atoms. The standard InChI is InChI=1S/C17H21BrN2/c1-4-20(15-7-5-6-12(2)10-15)17-9-8-14(13(3)19)11-16(17)18/h5-11,13H,4,19H2,1-3H3. The van der Waals surface area contributed by atoms with Crippen LogP contribution in [0.15, 0.2) is 46.9 Å². The van der Waals surface area contributed by atoms with Gasteiger partial charge in [0.1, 0.15) is 0 Å². The van der Waals surface area contributed by atoms with E-state index in [0.717, 1.165) is 16.6 Å². The van der Waals surface area contributed by atoms with Gasteiger partial charge in [-0.3, -0.25) is 0 Å². The third kappa shape index (κ3) is 3.22. The molecule has 1 atom stereocenters. The fraction of sp³-hybridized carbons (Fsp3) is 0.294. The molecule has 0 radical (unpaired) electrons. The molecular weight excluding hydrogens is 312 g/mol. The van der Waals surface area contributed by atoms with E-state index in [9.17, 15) is 0 Å². The molecule has 0 amide bonds. The number of aryl methyl sites for hydroxylation is 1. The summed E-state index contributed by atoms with van der Waals surface area (Å²) >= 11 is 3.68. The summed E-state index contributed by atoms with van der Waals surface area (Å²) in [7, 11) is 0. The Kier molecular flexibility index (Phi) is 4.84. The van der Waals surface area contributed by atoms with Gasteiger partial charge >= 0.3 is 0 Å². The minimum Gasteiger partial charge on any atom is -0.341 e. The molecule has 2 nitrogen and oxygen atoms in total. The fourth-order valence-corrected chi connectivity index (χ4v) is 2.92. The van der Waals surface area contributed by atoms with Gasteiger partial charge in [0.15, 0.2) is 0 Å². The van der Waals surface area contributed by atoms with E-state index in [0.29, 0.717) is 0 Å². The Morgan fingerprint density at radius 3 is 2.50 bits per heavy atom. The first-order valence-corrected chi connectivity index (χ1v) is 7.71. The predicted molar refractivity (Wildman–Crippen MR) is 90.6 cm³/mol. The van der Waals surface area contributed by atoms with Crippen molar-refractivity contribution in [2.75, 3.05) is 11.4 Å². The Labute approximate surface area is 129 Å². The van der Waals surface area contributed by atoms with E-state index in [1.54, 1.807) is 0 Å². The second kappa shape index (κ2) is 6.42. The number of halogens is 1. The van der Waals surface area contributed by atoms with Crippen molar-refractivity contribution >= 4 is 27.3 Å². The lowest BCUT2D eigenvalue weighted by atomic mass is 10.1. The Bertz CT molecular complexity index is 593. The van der Waals surface area contributed by atoms with Crippen molar-refractivity contribution in [1.82, 2.24) is 0 Å². The maximum absolute atomic E-state index is 5.94. The second-order valence-electron chi connectivity index (χ2n) is 5.08. The first kappa shape index (κ1) is 15.1. The van der Waals surface area contributed by atoms with Gasteiger partial charge in [0.2, 0.25) is 0 Å². The molecule has 0 saturated heterocycles. The monoisotopic (exact) mass is 332 g/mol. The van der Waals surface area contributed by atoms with Crippen LogP contribution in [0.1, 0.15) is 31.0 Å². The average Bonchev–Trinajstić information content (AvgIpc) is 2.41. The lowest BCUT2D eigenvalue weighted by Crippen LogP contribution is -2.17. The largest absolute Gasteiger partial charge is 0.341 e. The van der Waals surface area contributed by atoms with Crippen LogP contribution < -0.4 is 10.6 Å². The molecule has 2 aromatic carbocycles. The molecule has 0 saturated carbocycles. The fourth-order valence-electron chi connectivity index (χ4n) is 2.31. The van der Waals surface area contributed by atoms with Crippen LogP contribution in [-0.2, 0) is 0 Å². The van der Waals surface area contributed by atoms with Crippen LogP contribution in [0.3, 0.4) is 0 Å². The Morgan fingerprint density at radius 2 is 1.95 bits per heavy atom. The highest BCUT2D eigenvalue weighted by Gasteiger charge is 2.12. The predicted octanol–water partition coefficient (Wildman–Crippen LogP) is 4.94. The second-order valence-corrected chi connectivity index (χ2v) is 5.94. The van der Waals surface area contributed by atoms with E-state index in [2.05, 4.69) is 77.1 Å². The molecule has 0 aliphatic carbocycles. The van der Waals surface area contributed by atoms with Gasteiger partial charge in [0, 0.05) is 22.7 Å². The van der Waals surface area contributed by atoms with Crippen LogP contribution in [0.4, 0.5) is 11.4 Å². The third-order valence-corrected chi connectivity index (χ3v) is 4.05. The number of rotatable bonds is 4. The quantitative estimate of drug-likeness (QED) is 0.859. The summed E-state index contributed by atoms with van der Waals surface area (Å²) in [6, 6.07) is 15.0. The zero-order chi connectivity index (χ0) is 14.7. The highest BCUT2D eigenvalue weighted by molar-refractivity contribution is 9.10. The van der Waals surface area contributed by atoms with Crippen LogP contribution in [0.25, 0.3) is 0 Å². The lowest BCUT2D eigenvalue weighted by Gasteiger charge is -2.25. The summed E-state index contributed by atoms with van der Waals surface area (Å²) in [6.45, 7) is 7.19. The number of nitrogens with two attached hydrogens (primary N) is 1. The highest BCUT2D eigenvalue weighted by atomic mass is 79.9. The van der Waals surface area contributed by atoms with E-state index in [4.69, 9.17) is 5.73 Å². The lowest BCUT2D eigenvalue weighted by molar-refractivity contribution is 0.817. The number of hydrogen-bond acceptors (Lipinski definition) is 2. The van der Waals surface area contributed by atoms with Gasteiger partial charge in [0.25, 0.3) is 0 Å². The van der Waals surface area contributed by atoms with Crippen molar-refractivity contribution in [3.8, 4) is 0 Å². The van der Waals surface area contributed by atoms with Crippen molar-refractivity contribution in [2.45, 2.75) is 26.8 Å². The zero-order valence-corrected chi connectivity index (χ0v) is 13.8. The normalized spacial score (nSPS) is 12.2. The summed E-state index contributed by atoms with van der Waals surface area (Å²) in [6.07, 6.45) is 0. The molecule has 0 aliphatic heterocycles. The Morgan fingerprint density at radius 1 is 1.20 bits per heavy atom. The van der Waals surface area contributed by atoms with Gasteiger partial charge in [-0.15, -0.1) is 0 Å². The van der Waals surface area contributed by atoms with Crippen molar-refractivity contribution in [3.05, 3.63) is 58.1 Å². The average molecular weight is 333 g/mol. The molecule has 0 aliphatic rings. The van der Waals surface area contributed by atoms with Gasteiger partial charge in [-0.2, -0.15) is 0 Å². The number of hydrogen-bond donors (Lipinski definition) is 1. The van der Waals surface area contributed by atoms with Crippen molar-refractivity contribution in [1.29, 1.82) is 0 Å². The summed E-state index contributed by atoms with van der Waals surface area (Å²) in [5.74, 6) is 0. The third-order valence-electron chi connectivity index (χ3n) is 3.42. The first-order chi connectivity index (χ1) is 9.52. The molecule has 2 rings (SSSR count). The van der Waals surface area contributed by atoms with Gasteiger partial charge < -0.3 is 10.6 Å². The van der Waals surface area contributed by atoms with Gasteiger partial charge in [0.05, 0.1) is 5.69 Å². The minimum absolute atomic E-state index is 0.0504. The van der Waals surface area contributed by atoms with Gasteiger partial charge in [-0.25, -0.2) is 0 Å². The molecule has 0 spiro atoms. The van der Waals surface area contributed by atoms with E-state index in [1.807, 2.05) is 6.92 Å². The summed E-state index contributed by atoms with van der Waals surface area (Å²) in [4.78, 5) is 2.29. The molecule has 0 fully saturated rings. The van der Waals surface area contributed by atoms with Gasteiger partial charge in [-0.05, 0) is 72.1 Å². The topological polar surface area (TPSA) is 29.3 Å².